The lowest BCUT2D eigenvalue weighted by molar-refractivity contribution is -0.385. The molecular weight excluding hydrogens is 256 g/mol. The summed E-state index contributed by atoms with van der Waals surface area (Å²) in [5.74, 6) is -1.41. The van der Waals surface area contributed by atoms with E-state index in [0.717, 1.165) is 12.1 Å². The highest BCUT2D eigenvalue weighted by atomic mass is 16.6. The van der Waals surface area contributed by atoms with Crippen LogP contribution in [-0.4, -0.2) is 45.0 Å². The molecule has 0 saturated heterocycles. The molecule has 0 aromatic heterocycles. The Kier molecular flexibility index (Phi) is 4.41. The lowest BCUT2D eigenvalue weighted by Crippen LogP contribution is -2.37. The third-order valence-electron chi connectivity index (χ3n) is 2.44. The third kappa shape index (κ3) is 3.90. The van der Waals surface area contributed by atoms with Crippen LogP contribution >= 0.6 is 0 Å². The summed E-state index contributed by atoms with van der Waals surface area (Å²) in [6.07, 6.45) is 0. The van der Waals surface area contributed by atoms with Crippen molar-refractivity contribution in [2.45, 2.75) is 12.5 Å². The highest BCUT2D eigenvalue weighted by Crippen LogP contribution is 2.23. The van der Waals surface area contributed by atoms with Crippen LogP contribution < -0.4 is 5.32 Å². The summed E-state index contributed by atoms with van der Waals surface area (Å²) in [6, 6.07) is 3.51. The van der Waals surface area contributed by atoms with E-state index in [-0.39, 0.29) is 6.54 Å². The van der Waals surface area contributed by atoms with E-state index >= 15 is 0 Å². The molecule has 0 saturated carbocycles. The van der Waals surface area contributed by atoms with E-state index in [9.17, 15) is 20.0 Å². The minimum Gasteiger partial charge on any atom is -0.477 e. The molecule has 8 nitrogen and oxygen atoms in total. The van der Waals surface area contributed by atoms with Crippen molar-refractivity contribution in [3.05, 3.63) is 33.9 Å². The molecule has 19 heavy (non-hydrogen) atoms. The minimum atomic E-state index is -1.41. The molecule has 1 atom stereocenters. The van der Waals surface area contributed by atoms with Crippen LogP contribution in [0.4, 0.5) is 11.4 Å². The smallest absolute Gasteiger partial charge is 0.342 e. The molecule has 0 fully saturated rings. The highest BCUT2D eigenvalue weighted by molar-refractivity contribution is 5.93. The number of aromatic carboxylic acids is 1. The number of nitro groups is 1. The second kappa shape index (κ2) is 5.63. The summed E-state index contributed by atoms with van der Waals surface area (Å²) in [5, 5.41) is 40.7. The number of carbonyl (C=O) groups is 1. The lowest BCUT2D eigenvalue weighted by Gasteiger charge is -2.21. The summed E-state index contributed by atoms with van der Waals surface area (Å²) in [4.78, 5) is 20.8. The number of nitrogens with one attached hydrogen (secondary N) is 1. The molecular formula is C11H14N2O6. The van der Waals surface area contributed by atoms with Gasteiger partial charge in [0.25, 0.3) is 5.69 Å². The van der Waals surface area contributed by atoms with E-state index in [0.29, 0.717) is 5.69 Å². The van der Waals surface area contributed by atoms with Crippen LogP contribution in [0.5, 0.6) is 0 Å². The molecule has 104 valence electrons. The molecule has 1 rings (SSSR count). The Morgan fingerprint density at radius 1 is 1.53 bits per heavy atom. The number of nitro benzene ring substituents is 1. The quantitative estimate of drug-likeness (QED) is 0.435. The Morgan fingerprint density at radius 3 is 2.63 bits per heavy atom. The number of nitrogens with zero attached hydrogens (tertiary/aromatic N) is 1. The van der Waals surface area contributed by atoms with Crippen LogP contribution in [0.15, 0.2) is 18.2 Å². The number of aliphatic hydroxyl groups excluding tert-OH is 1. The second-order valence-corrected chi connectivity index (χ2v) is 4.30. The second-order valence-electron chi connectivity index (χ2n) is 4.30. The fourth-order valence-corrected chi connectivity index (χ4v) is 1.32. The van der Waals surface area contributed by atoms with Gasteiger partial charge in [-0.2, -0.15) is 0 Å². The largest absolute Gasteiger partial charge is 0.477 e. The number of hydrogen-bond acceptors (Lipinski definition) is 6. The van der Waals surface area contributed by atoms with Gasteiger partial charge >= 0.3 is 5.97 Å². The topological polar surface area (TPSA) is 133 Å². The van der Waals surface area contributed by atoms with Crippen LogP contribution in [0.25, 0.3) is 0 Å². The fraction of sp³-hybridized carbons (Fsp3) is 0.364. The standard InChI is InChI=1S/C11H14N2O6/c1-11(17,6-14)5-12-7-2-3-9(13(18)19)8(4-7)10(15)16/h2-4,12,14,17H,5-6H2,1H3,(H,15,16). The predicted octanol–water partition coefficient (Wildman–Crippen LogP) is 0.448. The molecule has 1 unspecified atom stereocenters. The van der Waals surface area contributed by atoms with E-state index in [4.69, 9.17) is 10.2 Å². The van der Waals surface area contributed by atoms with Crippen molar-refractivity contribution in [1.82, 2.24) is 0 Å². The van der Waals surface area contributed by atoms with Crippen LogP contribution in [0, 0.1) is 10.1 Å². The average molecular weight is 270 g/mol. The first kappa shape index (κ1) is 14.9. The average Bonchev–Trinajstić information content (AvgIpc) is 2.36. The molecule has 0 aliphatic carbocycles. The number of carboxylic acid groups (broad SMARTS) is 1. The van der Waals surface area contributed by atoms with Gasteiger partial charge in [-0.1, -0.05) is 0 Å². The number of carboxylic acids is 1. The normalized spacial score (nSPS) is 13.6. The maximum atomic E-state index is 10.9. The van der Waals surface area contributed by atoms with Crippen molar-refractivity contribution < 1.29 is 25.0 Å². The van der Waals surface area contributed by atoms with E-state index in [1.807, 2.05) is 0 Å². The molecule has 0 aliphatic rings. The van der Waals surface area contributed by atoms with Crippen molar-refractivity contribution in [1.29, 1.82) is 0 Å². The maximum Gasteiger partial charge on any atom is 0.342 e. The summed E-state index contributed by atoms with van der Waals surface area (Å²) >= 11 is 0. The van der Waals surface area contributed by atoms with Crippen molar-refractivity contribution in [3.8, 4) is 0 Å². The number of hydrogen-bond donors (Lipinski definition) is 4. The zero-order valence-corrected chi connectivity index (χ0v) is 10.2. The summed E-state index contributed by atoms with van der Waals surface area (Å²) in [5.41, 5.74) is -2.02. The third-order valence-corrected chi connectivity index (χ3v) is 2.44. The molecule has 0 spiro atoms. The van der Waals surface area contributed by atoms with Gasteiger partial charge in [0.15, 0.2) is 0 Å². The summed E-state index contributed by atoms with van der Waals surface area (Å²) < 4.78 is 0. The van der Waals surface area contributed by atoms with Crippen LogP contribution in [0.1, 0.15) is 17.3 Å². The molecule has 0 bridgehead atoms. The van der Waals surface area contributed by atoms with Crippen molar-refractivity contribution in [3.63, 3.8) is 0 Å². The zero-order chi connectivity index (χ0) is 14.6. The first-order valence-electron chi connectivity index (χ1n) is 5.36. The minimum absolute atomic E-state index is 0.0274. The Hall–Kier alpha value is -2.19. The van der Waals surface area contributed by atoms with Crippen molar-refractivity contribution in [2.75, 3.05) is 18.5 Å². The summed E-state index contributed by atoms with van der Waals surface area (Å²) in [6.45, 7) is 0.892. The number of aliphatic hydroxyl groups is 2. The molecule has 1 aromatic rings. The molecule has 0 aliphatic heterocycles. The van der Waals surface area contributed by atoms with Crippen molar-refractivity contribution in [2.24, 2.45) is 0 Å². The Morgan fingerprint density at radius 2 is 2.16 bits per heavy atom. The van der Waals surface area contributed by atoms with Crippen LogP contribution in [0.2, 0.25) is 0 Å². The van der Waals surface area contributed by atoms with E-state index in [1.54, 1.807) is 0 Å². The van der Waals surface area contributed by atoms with Gasteiger partial charge in [0, 0.05) is 18.3 Å². The Balaban J connectivity index is 2.97. The van der Waals surface area contributed by atoms with Gasteiger partial charge < -0.3 is 20.6 Å². The van der Waals surface area contributed by atoms with Gasteiger partial charge in [0.1, 0.15) is 11.2 Å². The van der Waals surface area contributed by atoms with Gasteiger partial charge in [-0.25, -0.2) is 4.79 Å². The molecule has 0 amide bonds. The van der Waals surface area contributed by atoms with Gasteiger partial charge in [0.2, 0.25) is 0 Å². The zero-order valence-electron chi connectivity index (χ0n) is 10.2. The first-order chi connectivity index (χ1) is 8.76. The predicted molar refractivity (Wildman–Crippen MR) is 66.3 cm³/mol. The van der Waals surface area contributed by atoms with Crippen LogP contribution in [0.3, 0.4) is 0 Å². The lowest BCUT2D eigenvalue weighted by atomic mass is 10.1. The molecule has 0 heterocycles. The summed E-state index contributed by atoms with van der Waals surface area (Å²) in [7, 11) is 0. The molecule has 1 aromatic carbocycles. The first-order valence-corrected chi connectivity index (χ1v) is 5.36. The van der Waals surface area contributed by atoms with Gasteiger partial charge in [-0.15, -0.1) is 0 Å². The van der Waals surface area contributed by atoms with Crippen molar-refractivity contribution >= 4 is 17.3 Å². The number of rotatable bonds is 6. The van der Waals surface area contributed by atoms with E-state index in [2.05, 4.69) is 5.32 Å². The van der Waals surface area contributed by atoms with Gasteiger partial charge in [0.05, 0.1) is 11.5 Å². The monoisotopic (exact) mass is 270 g/mol. The van der Waals surface area contributed by atoms with E-state index < -0.39 is 34.4 Å². The van der Waals surface area contributed by atoms with Gasteiger partial charge in [-0.05, 0) is 19.1 Å². The SMILES string of the molecule is CC(O)(CO)CNc1ccc([N+](=O)[O-])c(C(=O)O)c1. The number of anilines is 1. The van der Waals surface area contributed by atoms with E-state index in [1.165, 1.54) is 13.0 Å². The van der Waals surface area contributed by atoms with Crippen LogP contribution in [-0.2, 0) is 0 Å². The fourth-order valence-electron chi connectivity index (χ4n) is 1.32. The number of benzene rings is 1. The van der Waals surface area contributed by atoms with Gasteiger partial charge in [-0.3, -0.25) is 10.1 Å². The Labute approximate surface area is 108 Å². The maximum absolute atomic E-state index is 10.9. The molecule has 4 N–H and O–H groups in total. The Bertz CT molecular complexity index is 500. The molecule has 8 heteroatoms. The highest BCUT2D eigenvalue weighted by Gasteiger charge is 2.22. The molecule has 0 radical (unpaired) electrons.